The van der Waals surface area contributed by atoms with Gasteiger partial charge in [-0.15, -0.1) is 0 Å². The summed E-state index contributed by atoms with van der Waals surface area (Å²) >= 11 is 0. The van der Waals surface area contributed by atoms with E-state index in [0.29, 0.717) is 24.6 Å². The lowest BCUT2D eigenvalue weighted by Crippen LogP contribution is -2.36. The van der Waals surface area contributed by atoms with Gasteiger partial charge >= 0.3 is 0 Å². The van der Waals surface area contributed by atoms with Crippen molar-refractivity contribution in [2.24, 2.45) is 5.92 Å². The maximum atomic E-state index is 12.9. The van der Waals surface area contributed by atoms with Gasteiger partial charge in [0.15, 0.2) is 0 Å². The van der Waals surface area contributed by atoms with Gasteiger partial charge < -0.3 is 4.90 Å². The molecule has 1 atom stereocenters. The number of likely N-dealkylation sites (tertiary alicyclic amines) is 1. The molecule has 0 radical (unpaired) electrons. The quantitative estimate of drug-likeness (QED) is 0.850. The molecule has 1 aromatic rings. The molecular weight excluding hydrogens is 331 g/mol. The maximum absolute atomic E-state index is 12.9. The van der Waals surface area contributed by atoms with Crippen LogP contribution < -0.4 is 4.72 Å². The van der Waals surface area contributed by atoms with Crippen LogP contribution in [0.2, 0.25) is 0 Å². The Morgan fingerprint density at radius 1 is 1.17 bits per heavy atom. The molecule has 1 N–H and O–H groups in total. The molecule has 3 rings (SSSR count). The van der Waals surface area contributed by atoms with Gasteiger partial charge in [0.25, 0.3) is 0 Å². The van der Waals surface area contributed by atoms with Crippen LogP contribution in [0, 0.1) is 11.7 Å². The van der Waals surface area contributed by atoms with Crippen LogP contribution in [0.4, 0.5) is 4.39 Å². The smallest absolute Gasteiger partial charge is 0.223 e. The lowest BCUT2D eigenvalue weighted by atomic mass is 10.1. The summed E-state index contributed by atoms with van der Waals surface area (Å²) in [6.07, 6.45) is 4.88. The molecule has 1 amide bonds. The van der Waals surface area contributed by atoms with Gasteiger partial charge in [-0.3, -0.25) is 4.79 Å². The van der Waals surface area contributed by atoms with E-state index in [0.717, 1.165) is 12.8 Å². The summed E-state index contributed by atoms with van der Waals surface area (Å²) in [5.74, 6) is -0.397. The summed E-state index contributed by atoms with van der Waals surface area (Å²) in [7, 11) is -3.49. The molecule has 1 aromatic carbocycles. The summed E-state index contributed by atoms with van der Waals surface area (Å²) in [4.78, 5) is 14.1. The van der Waals surface area contributed by atoms with Crippen molar-refractivity contribution in [1.82, 2.24) is 9.62 Å². The number of carbonyl (C=O) groups excluding carboxylic acids is 1. The molecule has 1 heterocycles. The number of halogens is 1. The van der Waals surface area contributed by atoms with E-state index >= 15 is 0 Å². The highest BCUT2D eigenvalue weighted by Gasteiger charge is 2.35. The Hall–Kier alpha value is -1.47. The van der Waals surface area contributed by atoms with Crippen molar-refractivity contribution in [3.05, 3.63) is 35.6 Å². The van der Waals surface area contributed by atoms with Crippen molar-refractivity contribution in [1.29, 1.82) is 0 Å². The van der Waals surface area contributed by atoms with Crippen LogP contribution in [0.5, 0.6) is 0 Å². The summed E-state index contributed by atoms with van der Waals surface area (Å²) in [5.41, 5.74) is 0.541. The minimum atomic E-state index is -3.49. The van der Waals surface area contributed by atoms with Crippen LogP contribution in [0.25, 0.3) is 0 Å². The molecule has 1 saturated heterocycles. The molecule has 2 fully saturated rings. The number of sulfonamides is 1. The highest BCUT2D eigenvalue weighted by Crippen LogP contribution is 2.29. The molecule has 0 bridgehead atoms. The van der Waals surface area contributed by atoms with Crippen LogP contribution in [0.1, 0.15) is 37.7 Å². The molecule has 132 valence electrons. The van der Waals surface area contributed by atoms with Crippen LogP contribution in [0.15, 0.2) is 24.3 Å². The highest BCUT2D eigenvalue weighted by molar-refractivity contribution is 7.88. The number of rotatable bonds is 6. The van der Waals surface area contributed by atoms with Gasteiger partial charge in [-0.1, -0.05) is 25.0 Å². The molecule has 1 saturated carbocycles. The second-order valence-electron chi connectivity index (χ2n) is 6.79. The van der Waals surface area contributed by atoms with Gasteiger partial charge in [-0.25, -0.2) is 17.5 Å². The lowest BCUT2D eigenvalue weighted by molar-refractivity contribution is -0.129. The van der Waals surface area contributed by atoms with Gasteiger partial charge in [-0.2, -0.15) is 0 Å². The molecule has 1 aliphatic heterocycles. The molecule has 7 heteroatoms. The van der Waals surface area contributed by atoms with E-state index in [4.69, 9.17) is 0 Å². The van der Waals surface area contributed by atoms with Crippen LogP contribution >= 0.6 is 0 Å². The van der Waals surface area contributed by atoms with Crippen molar-refractivity contribution >= 4 is 15.9 Å². The average molecular weight is 354 g/mol. The summed E-state index contributed by atoms with van der Waals surface area (Å²) < 4.78 is 39.8. The van der Waals surface area contributed by atoms with E-state index in [9.17, 15) is 17.6 Å². The Labute approximate surface area is 142 Å². The van der Waals surface area contributed by atoms with Gasteiger partial charge in [0.2, 0.25) is 15.9 Å². The Kier molecular flexibility index (Phi) is 5.20. The number of carbonyl (C=O) groups is 1. The monoisotopic (exact) mass is 354 g/mol. The Balaban J connectivity index is 1.51. The van der Waals surface area contributed by atoms with E-state index in [-0.39, 0.29) is 29.9 Å². The van der Waals surface area contributed by atoms with Crippen LogP contribution in [-0.2, 0) is 20.6 Å². The fraction of sp³-hybridized carbons (Fsp3) is 0.588. The zero-order chi connectivity index (χ0) is 17.2. The van der Waals surface area contributed by atoms with E-state index in [1.165, 1.54) is 37.1 Å². The number of nitrogens with zero attached hydrogens (tertiary/aromatic N) is 1. The normalized spacial score (nSPS) is 22.5. The second kappa shape index (κ2) is 7.19. The molecule has 1 aliphatic carbocycles. The molecule has 1 unspecified atom stereocenters. The predicted molar refractivity (Wildman–Crippen MR) is 89.1 cm³/mol. The van der Waals surface area contributed by atoms with E-state index < -0.39 is 10.0 Å². The maximum Gasteiger partial charge on any atom is 0.223 e. The first-order chi connectivity index (χ1) is 11.4. The molecule has 5 nitrogen and oxygen atoms in total. The fourth-order valence-corrected chi connectivity index (χ4v) is 4.83. The van der Waals surface area contributed by atoms with Gasteiger partial charge in [0.05, 0.1) is 5.75 Å². The average Bonchev–Trinajstić information content (AvgIpc) is 3.17. The van der Waals surface area contributed by atoms with Gasteiger partial charge in [0, 0.05) is 25.6 Å². The fourth-order valence-electron chi connectivity index (χ4n) is 3.61. The predicted octanol–water partition coefficient (Wildman–Crippen LogP) is 2.04. The topological polar surface area (TPSA) is 66.5 Å². The van der Waals surface area contributed by atoms with Crippen molar-refractivity contribution in [3.63, 3.8) is 0 Å². The first-order valence-electron chi connectivity index (χ1n) is 8.44. The van der Waals surface area contributed by atoms with Gasteiger partial charge in [0.1, 0.15) is 5.82 Å². The molecule has 24 heavy (non-hydrogen) atoms. The van der Waals surface area contributed by atoms with E-state index in [1.54, 1.807) is 0 Å². The zero-order valence-electron chi connectivity index (χ0n) is 13.6. The van der Waals surface area contributed by atoms with Crippen LogP contribution in [0.3, 0.4) is 0 Å². The SMILES string of the molecule is O=C1CC(CNS(=O)(=O)Cc2ccc(F)cc2)CN1C1CCCC1. The number of hydrogen-bond donors (Lipinski definition) is 1. The highest BCUT2D eigenvalue weighted by atomic mass is 32.2. The lowest BCUT2D eigenvalue weighted by Gasteiger charge is -2.24. The number of hydrogen-bond acceptors (Lipinski definition) is 3. The van der Waals surface area contributed by atoms with Crippen LogP contribution in [-0.4, -0.2) is 38.4 Å². The second-order valence-corrected chi connectivity index (χ2v) is 8.60. The summed E-state index contributed by atoms with van der Waals surface area (Å²) in [5, 5.41) is 0. The zero-order valence-corrected chi connectivity index (χ0v) is 14.4. The van der Waals surface area contributed by atoms with Crippen molar-refractivity contribution in [2.45, 2.75) is 43.9 Å². The number of benzene rings is 1. The van der Waals surface area contributed by atoms with Gasteiger partial charge in [-0.05, 0) is 36.5 Å². The first-order valence-corrected chi connectivity index (χ1v) is 10.1. The summed E-state index contributed by atoms with van der Waals surface area (Å²) in [6, 6.07) is 5.78. The first kappa shape index (κ1) is 17.4. The summed E-state index contributed by atoms with van der Waals surface area (Å²) in [6.45, 7) is 0.918. The third-order valence-corrected chi connectivity index (χ3v) is 6.19. The van der Waals surface area contributed by atoms with Crippen molar-refractivity contribution in [3.8, 4) is 0 Å². The largest absolute Gasteiger partial charge is 0.339 e. The molecule has 0 spiro atoms. The Bertz CT molecular complexity index is 684. The third-order valence-electron chi connectivity index (χ3n) is 4.87. The van der Waals surface area contributed by atoms with Crippen molar-refractivity contribution in [2.75, 3.05) is 13.1 Å². The Morgan fingerprint density at radius 2 is 1.83 bits per heavy atom. The Morgan fingerprint density at radius 3 is 2.50 bits per heavy atom. The molecular formula is C17H23FN2O3S. The molecule has 0 aromatic heterocycles. The van der Waals surface area contributed by atoms with Crippen molar-refractivity contribution < 1.29 is 17.6 Å². The number of nitrogens with one attached hydrogen (secondary N) is 1. The minimum Gasteiger partial charge on any atom is -0.339 e. The van der Waals surface area contributed by atoms with E-state index in [2.05, 4.69) is 4.72 Å². The standard InChI is InChI=1S/C17H23FN2O3S/c18-15-7-5-13(6-8-15)12-24(22,23)19-10-14-9-17(21)20(11-14)16-3-1-2-4-16/h5-8,14,16,19H,1-4,9-12H2. The minimum absolute atomic E-state index is 0.0288. The number of amides is 1. The third kappa shape index (κ3) is 4.33. The molecule has 2 aliphatic rings. The van der Waals surface area contributed by atoms with E-state index in [1.807, 2.05) is 4.90 Å².